The fraction of sp³-hybridized carbons (Fsp3) is 0.357. The maximum atomic E-state index is 14.9. The van der Waals surface area contributed by atoms with Crippen LogP contribution < -0.4 is 15.8 Å². The molecule has 1 saturated heterocycles. The van der Waals surface area contributed by atoms with E-state index in [1.165, 1.54) is 6.07 Å². The number of anilines is 1. The summed E-state index contributed by atoms with van der Waals surface area (Å²) in [4.78, 5) is 31.3. The Morgan fingerprint density at radius 3 is 2.71 bits per heavy atom. The molecule has 1 aromatic heterocycles. The smallest absolute Gasteiger partial charge is 0.259 e. The molecule has 3 aliphatic rings. The summed E-state index contributed by atoms with van der Waals surface area (Å²) in [7, 11) is 0. The zero-order valence-corrected chi connectivity index (χ0v) is 22.4. The van der Waals surface area contributed by atoms with Crippen LogP contribution in [0.25, 0.3) is 16.8 Å². The Morgan fingerprint density at radius 2 is 1.95 bits per heavy atom. The SMILES string of the molecule is Cl.Cl.O=CC1C=Cc2ccc(F)c3c2N1CC3CN1CCC(NCc2cc3cccc(O)c3c(=O)[nH]2)CC1. The number of fused-ring (bicyclic) bond motifs is 1. The average molecular weight is 561 g/mol. The number of aromatic amines is 1. The van der Waals surface area contributed by atoms with Crippen LogP contribution in [0.5, 0.6) is 5.75 Å². The summed E-state index contributed by atoms with van der Waals surface area (Å²) in [6.45, 7) is 3.78. The lowest BCUT2D eigenvalue weighted by Gasteiger charge is -2.34. The zero-order chi connectivity index (χ0) is 24.8. The molecule has 3 N–H and O–H groups in total. The van der Waals surface area contributed by atoms with Crippen LogP contribution in [0.15, 0.2) is 47.3 Å². The second-order valence-electron chi connectivity index (χ2n) is 10.1. The standard InChI is InChI=1S/C28H29FN4O3.2ClH/c29-23-7-5-17-4-6-22(16-34)33-15-19(25(23)27(17)33)14-32-10-8-20(9-11-32)30-13-21-12-18-2-1-3-24(35)26(18)28(36)31-21;;/h1-7,12,16,19-20,22,30,35H,8-11,13-15H2,(H,31,36);2*1H. The van der Waals surface area contributed by atoms with E-state index in [1.54, 1.807) is 18.2 Å². The van der Waals surface area contributed by atoms with Crippen molar-refractivity contribution >= 4 is 53.6 Å². The lowest BCUT2D eigenvalue weighted by atomic mass is 9.95. The molecule has 4 heterocycles. The number of nitrogens with one attached hydrogen (secondary N) is 2. The minimum atomic E-state index is -0.330. The summed E-state index contributed by atoms with van der Waals surface area (Å²) in [6.07, 6.45) is 6.67. The van der Waals surface area contributed by atoms with E-state index in [4.69, 9.17) is 0 Å². The van der Waals surface area contributed by atoms with Gasteiger partial charge in [-0.3, -0.25) is 4.79 Å². The van der Waals surface area contributed by atoms with E-state index in [1.807, 2.05) is 29.2 Å². The molecule has 6 rings (SSSR count). The van der Waals surface area contributed by atoms with E-state index in [9.17, 15) is 19.1 Å². The molecule has 0 bridgehead atoms. The van der Waals surface area contributed by atoms with Crippen molar-refractivity contribution in [2.75, 3.05) is 31.1 Å². The summed E-state index contributed by atoms with van der Waals surface area (Å²) < 4.78 is 14.9. The maximum absolute atomic E-state index is 14.9. The van der Waals surface area contributed by atoms with Crippen molar-refractivity contribution in [3.8, 4) is 5.75 Å². The lowest BCUT2D eigenvalue weighted by molar-refractivity contribution is -0.108. The van der Waals surface area contributed by atoms with E-state index in [2.05, 4.69) is 15.2 Å². The van der Waals surface area contributed by atoms with Crippen molar-refractivity contribution < 1.29 is 14.3 Å². The van der Waals surface area contributed by atoms with Gasteiger partial charge in [-0.15, -0.1) is 24.8 Å². The Balaban J connectivity index is 0.00000168. The van der Waals surface area contributed by atoms with Gasteiger partial charge in [0.1, 0.15) is 23.9 Å². The molecule has 7 nitrogen and oxygen atoms in total. The summed E-state index contributed by atoms with van der Waals surface area (Å²) in [5.41, 5.74) is 3.12. The molecule has 38 heavy (non-hydrogen) atoms. The molecule has 2 aromatic carbocycles. The number of carbonyl (C=O) groups excluding carboxylic acids is 1. The van der Waals surface area contributed by atoms with Crippen LogP contribution in [-0.2, 0) is 11.3 Å². The molecular weight excluding hydrogens is 530 g/mol. The van der Waals surface area contributed by atoms with E-state index in [0.717, 1.165) is 66.7 Å². The minimum Gasteiger partial charge on any atom is -0.507 e. The Hall–Kier alpha value is -2.91. The van der Waals surface area contributed by atoms with Crippen LogP contribution in [-0.4, -0.2) is 59.5 Å². The number of likely N-dealkylation sites (tertiary alicyclic amines) is 1. The topological polar surface area (TPSA) is 88.7 Å². The quantitative estimate of drug-likeness (QED) is 0.395. The zero-order valence-electron chi connectivity index (χ0n) is 20.7. The fourth-order valence-electron chi connectivity index (χ4n) is 6.05. The molecular formula is C28H31Cl2FN4O3. The van der Waals surface area contributed by atoms with Crippen molar-refractivity contribution in [3.05, 3.63) is 75.5 Å². The highest BCUT2D eigenvalue weighted by Crippen LogP contribution is 2.44. The third kappa shape index (κ3) is 5.06. The number of H-pyrrole nitrogens is 1. The van der Waals surface area contributed by atoms with Crippen LogP contribution in [0.1, 0.15) is 35.6 Å². The number of carbonyl (C=O) groups is 1. The Bertz CT molecular complexity index is 1420. The third-order valence-electron chi connectivity index (χ3n) is 7.83. The van der Waals surface area contributed by atoms with Crippen LogP contribution >= 0.6 is 24.8 Å². The van der Waals surface area contributed by atoms with Gasteiger partial charge in [0.05, 0.1) is 11.1 Å². The number of hydrogen-bond donors (Lipinski definition) is 3. The number of aromatic hydroxyl groups is 1. The van der Waals surface area contributed by atoms with E-state index < -0.39 is 0 Å². The molecule has 2 atom stereocenters. The highest BCUT2D eigenvalue weighted by atomic mass is 35.5. The number of halogens is 3. The predicted octanol–water partition coefficient (Wildman–Crippen LogP) is 3.97. The molecule has 202 valence electrons. The average Bonchev–Trinajstić information content (AvgIpc) is 3.26. The van der Waals surface area contributed by atoms with Gasteiger partial charge < -0.3 is 30.0 Å². The van der Waals surface area contributed by atoms with Crippen LogP contribution in [0.2, 0.25) is 0 Å². The number of aromatic nitrogens is 1. The molecule has 0 amide bonds. The molecule has 0 radical (unpaired) electrons. The van der Waals surface area contributed by atoms with Crippen molar-refractivity contribution in [2.45, 2.75) is 37.4 Å². The van der Waals surface area contributed by atoms with Gasteiger partial charge in [-0.2, -0.15) is 0 Å². The Labute approximate surface area is 232 Å². The van der Waals surface area contributed by atoms with Crippen LogP contribution in [0.3, 0.4) is 0 Å². The number of piperidine rings is 1. The van der Waals surface area contributed by atoms with Gasteiger partial charge in [0, 0.05) is 42.9 Å². The van der Waals surface area contributed by atoms with Crippen molar-refractivity contribution in [3.63, 3.8) is 0 Å². The van der Waals surface area contributed by atoms with Gasteiger partial charge in [-0.05, 0) is 61.1 Å². The van der Waals surface area contributed by atoms with E-state index in [-0.39, 0.29) is 53.9 Å². The Kier molecular flexibility index (Phi) is 8.47. The van der Waals surface area contributed by atoms with Crippen molar-refractivity contribution in [2.24, 2.45) is 0 Å². The summed E-state index contributed by atoms with van der Waals surface area (Å²) in [5.74, 6) is -0.161. The fourth-order valence-corrected chi connectivity index (χ4v) is 6.05. The Morgan fingerprint density at radius 1 is 1.16 bits per heavy atom. The van der Waals surface area contributed by atoms with Crippen molar-refractivity contribution in [1.29, 1.82) is 0 Å². The molecule has 10 heteroatoms. The van der Waals surface area contributed by atoms with Crippen LogP contribution in [0.4, 0.5) is 10.1 Å². The largest absolute Gasteiger partial charge is 0.507 e. The van der Waals surface area contributed by atoms with E-state index in [0.29, 0.717) is 24.5 Å². The number of phenols is 1. The highest BCUT2D eigenvalue weighted by Gasteiger charge is 2.38. The first-order valence-corrected chi connectivity index (χ1v) is 12.5. The number of rotatable bonds is 6. The molecule has 3 aromatic rings. The number of pyridine rings is 1. The van der Waals surface area contributed by atoms with Gasteiger partial charge in [-0.1, -0.05) is 24.3 Å². The number of benzene rings is 2. The molecule has 0 spiro atoms. The van der Waals surface area contributed by atoms with Crippen molar-refractivity contribution in [1.82, 2.24) is 15.2 Å². The van der Waals surface area contributed by atoms with Gasteiger partial charge in [0.2, 0.25) is 0 Å². The van der Waals surface area contributed by atoms with E-state index >= 15 is 0 Å². The summed E-state index contributed by atoms with van der Waals surface area (Å²) >= 11 is 0. The molecule has 1 fully saturated rings. The van der Waals surface area contributed by atoms with Gasteiger partial charge >= 0.3 is 0 Å². The first kappa shape index (κ1) is 28.1. The third-order valence-corrected chi connectivity index (χ3v) is 7.83. The summed E-state index contributed by atoms with van der Waals surface area (Å²) in [6, 6.07) is 10.3. The van der Waals surface area contributed by atoms with Crippen LogP contribution in [0, 0.1) is 5.82 Å². The monoisotopic (exact) mass is 560 g/mol. The lowest BCUT2D eigenvalue weighted by Crippen LogP contribution is -2.44. The molecule has 3 aliphatic heterocycles. The minimum absolute atomic E-state index is 0. The number of phenolic OH excluding ortho intramolecular Hbond substituents is 1. The van der Waals surface area contributed by atoms with Gasteiger partial charge in [0.15, 0.2) is 0 Å². The first-order valence-electron chi connectivity index (χ1n) is 12.5. The molecule has 2 unspecified atom stereocenters. The number of aldehydes is 1. The summed E-state index contributed by atoms with van der Waals surface area (Å²) in [5, 5.41) is 14.6. The highest BCUT2D eigenvalue weighted by molar-refractivity contribution is 5.87. The first-order chi connectivity index (χ1) is 17.5. The van der Waals surface area contributed by atoms with Gasteiger partial charge in [0.25, 0.3) is 5.56 Å². The normalized spacial score (nSPS) is 20.6. The van der Waals surface area contributed by atoms with Gasteiger partial charge in [-0.25, -0.2) is 4.39 Å². The predicted molar refractivity (Wildman–Crippen MR) is 152 cm³/mol. The second kappa shape index (κ2) is 11.5. The second-order valence-corrected chi connectivity index (χ2v) is 10.1. The number of hydrogen-bond acceptors (Lipinski definition) is 6. The molecule has 0 saturated carbocycles. The molecule has 0 aliphatic carbocycles. The number of nitrogens with zero attached hydrogens (tertiary/aromatic N) is 2. The maximum Gasteiger partial charge on any atom is 0.259 e.